The lowest BCUT2D eigenvalue weighted by atomic mass is 9.80. The minimum absolute atomic E-state index is 0.371. The van der Waals surface area contributed by atoms with E-state index in [1.165, 1.54) is 5.56 Å². The molecule has 0 radical (unpaired) electrons. The summed E-state index contributed by atoms with van der Waals surface area (Å²) in [6.45, 7) is 4.14. The Morgan fingerprint density at radius 1 is 1.00 bits per heavy atom. The van der Waals surface area contributed by atoms with Crippen LogP contribution in [0, 0.1) is 0 Å². The lowest BCUT2D eigenvalue weighted by Gasteiger charge is -2.44. The second kappa shape index (κ2) is 8.96. The number of benzene rings is 2. The summed E-state index contributed by atoms with van der Waals surface area (Å²) in [5.74, 6) is 1.66. The fraction of sp³-hybridized carbons (Fsp3) is 0.520. The molecule has 162 valence electrons. The van der Waals surface area contributed by atoms with Crippen molar-refractivity contribution in [2.24, 2.45) is 0 Å². The molecule has 0 aliphatic carbocycles. The first-order valence-electron chi connectivity index (χ1n) is 10.9. The van der Waals surface area contributed by atoms with Crippen molar-refractivity contribution in [2.45, 2.75) is 63.4 Å². The van der Waals surface area contributed by atoms with Crippen LogP contribution in [0.5, 0.6) is 11.5 Å². The number of aliphatic hydroxyl groups is 1. The van der Waals surface area contributed by atoms with E-state index >= 15 is 0 Å². The van der Waals surface area contributed by atoms with Gasteiger partial charge < -0.3 is 19.3 Å². The number of hydrogen-bond donors (Lipinski definition) is 1. The van der Waals surface area contributed by atoms with Gasteiger partial charge in [-0.1, -0.05) is 24.3 Å². The van der Waals surface area contributed by atoms with E-state index < -0.39 is 5.60 Å². The van der Waals surface area contributed by atoms with Crippen LogP contribution in [0.1, 0.15) is 49.3 Å². The van der Waals surface area contributed by atoms with Crippen molar-refractivity contribution in [1.29, 1.82) is 0 Å². The van der Waals surface area contributed by atoms with Gasteiger partial charge in [0.05, 0.1) is 26.4 Å². The molecule has 2 aliphatic rings. The number of piperidine rings is 1. The summed E-state index contributed by atoms with van der Waals surface area (Å²) in [5.41, 5.74) is 2.46. The van der Waals surface area contributed by atoms with Crippen molar-refractivity contribution in [3.8, 4) is 11.5 Å². The first-order valence-corrected chi connectivity index (χ1v) is 10.9. The SMILES string of the molecule is CCOCc1cc(CN2C3CCC2CC(O)(c2ccccc2OC)C3)ccc1OC. The van der Waals surface area contributed by atoms with Gasteiger partial charge in [-0.15, -0.1) is 0 Å². The van der Waals surface area contributed by atoms with Gasteiger partial charge in [0.15, 0.2) is 0 Å². The highest BCUT2D eigenvalue weighted by Crippen LogP contribution is 2.48. The second-order valence-corrected chi connectivity index (χ2v) is 8.48. The van der Waals surface area contributed by atoms with Gasteiger partial charge in [-0.2, -0.15) is 0 Å². The smallest absolute Gasteiger partial charge is 0.124 e. The number of ether oxygens (including phenoxy) is 3. The maximum atomic E-state index is 11.6. The second-order valence-electron chi connectivity index (χ2n) is 8.48. The van der Waals surface area contributed by atoms with Crippen LogP contribution < -0.4 is 9.47 Å². The predicted molar refractivity (Wildman–Crippen MR) is 117 cm³/mol. The Labute approximate surface area is 179 Å². The zero-order valence-electron chi connectivity index (χ0n) is 18.3. The number of rotatable bonds is 8. The summed E-state index contributed by atoms with van der Waals surface area (Å²) in [4.78, 5) is 2.58. The summed E-state index contributed by atoms with van der Waals surface area (Å²) >= 11 is 0. The van der Waals surface area contributed by atoms with Gasteiger partial charge in [0.2, 0.25) is 0 Å². The van der Waals surface area contributed by atoms with Crippen molar-refractivity contribution in [2.75, 3.05) is 20.8 Å². The van der Waals surface area contributed by atoms with Gasteiger partial charge in [0.25, 0.3) is 0 Å². The van der Waals surface area contributed by atoms with Crippen molar-refractivity contribution >= 4 is 0 Å². The first kappa shape index (κ1) is 21.2. The van der Waals surface area contributed by atoms with Crippen LogP contribution >= 0.6 is 0 Å². The number of nitrogens with zero attached hydrogens (tertiary/aromatic N) is 1. The monoisotopic (exact) mass is 411 g/mol. The molecular formula is C25H33NO4. The Kier molecular flexibility index (Phi) is 6.32. The average Bonchev–Trinajstić information content (AvgIpc) is 3.01. The summed E-state index contributed by atoms with van der Waals surface area (Å²) in [5, 5.41) is 11.6. The fourth-order valence-corrected chi connectivity index (χ4v) is 5.29. The number of para-hydroxylation sites is 1. The zero-order valence-corrected chi connectivity index (χ0v) is 18.3. The Morgan fingerprint density at radius 3 is 2.37 bits per heavy atom. The molecular weight excluding hydrogens is 378 g/mol. The largest absolute Gasteiger partial charge is 0.496 e. The molecule has 2 bridgehead atoms. The summed E-state index contributed by atoms with van der Waals surface area (Å²) in [6.07, 6.45) is 3.74. The highest BCUT2D eigenvalue weighted by molar-refractivity contribution is 5.40. The Hall–Kier alpha value is -2.08. The highest BCUT2D eigenvalue weighted by atomic mass is 16.5. The van der Waals surface area contributed by atoms with Crippen LogP contribution in [0.2, 0.25) is 0 Å². The fourth-order valence-electron chi connectivity index (χ4n) is 5.29. The quantitative estimate of drug-likeness (QED) is 0.704. The maximum Gasteiger partial charge on any atom is 0.124 e. The Balaban J connectivity index is 1.52. The van der Waals surface area contributed by atoms with E-state index in [1.54, 1.807) is 14.2 Å². The predicted octanol–water partition coefficient (Wildman–Crippen LogP) is 4.25. The van der Waals surface area contributed by atoms with E-state index in [1.807, 2.05) is 37.3 Å². The molecule has 2 atom stereocenters. The van der Waals surface area contributed by atoms with E-state index in [9.17, 15) is 5.11 Å². The third kappa shape index (κ3) is 4.07. The van der Waals surface area contributed by atoms with E-state index in [2.05, 4.69) is 17.0 Å². The molecule has 2 aliphatic heterocycles. The van der Waals surface area contributed by atoms with Gasteiger partial charge in [0, 0.05) is 36.4 Å². The van der Waals surface area contributed by atoms with Crippen LogP contribution in [0.3, 0.4) is 0 Å². The van der Waals surface area contributed by atoms with Crippen LogP contribution in [0.15, 0.2) is 42.5 Å². The van der Waals surface area contributed by atoms with Crippen LogP contribution in [-0.4, -0.2) is 42.9 Å². The number of hydrogen-bond acceptors (Lipinski definition) is 5. The van der Waals surface area contributed by atoms with Gasteiger partial charge in [-0.3, -0.25) is 4.90 Å². The Morgan fingerprint density at radius 2 is 1.70 bits per heavy atom. The molecule has 2 fully saturated rings. The molecule has 30 heavy (non-hydrogen) atoms. The molecule has 0 saturated carbocycles. The van der Waals surface area contributed by atoms with Crippen LogP contribution in [0.25, 0.3) is 0 Å². The molecule has 0 amide bonds. The molecule has 5 nitrogen and oxygen atoms in total. The molecule has 2 heterocycles. The molecule has 2 aromatic carbocycles. The number of fused-ring (bicyclic) bond motifs is 2. The molecule has 0 aromatic heterocycles. The minimum Gasteiger partial charge on any atom is -0.496 e. The molecule has 4 rings (SSSR count). The minimum atomic E-state index is -0.824. The van der Waals surface area contributed by atoms with Crippen molar-refractivity contribution < 1.29 is 19.3 Å². The summed E-state index contributed by atoms with van der Waals surface area (Å²) in [6, 6.07) is 15.0. The molecule has 2 unspecified atom stereocenters. The van der Waals surface area contributed by atoms with Crippen molar-refractivity contribution in [1.82, 2.24) is 4.90 Å². The lowest BCUT2D eigenvalue weighted by Crippen LogP contribution is -2.49. The standard InChI is InChI=1S/C25H33NO4/c1-4-30-17-19-13-18(9-12-23(19)28-2)16-26-20-10-11-21(26)15-25(27,14-20)22-7-5-6-8-24(22)29-3/h5-9,12-13,20-21,27H,4,10-11,14-17H2,1-3H3. The third-order valence-corrected chi connectivity index (χ3v) is 6.70. The molecule has 5 heteroatoms. The van der Waals surface area contributed by atoms with E-state index in [-0.39, 0.29) is 0 Å². The number of methoxy groups -OCH3 is 2. The average molecular weight is 412 g/mol. The van der Waals surface area contributed by atoms with Crippen LogP contribution in [-0.2, 0) is 23.5 Å². The topological polar surface area (TPSA) is 51.2 Å². The third-order valence-electron chi connectivity index (χ3n) is 6.70. The van der Waals surface area contributed by atoms with Crippen molar-refractivity contribution in [3.05, 3.63) is 59.2 Å². The van der Waals surface area contributed by atoms with Crippen LogP contribution in [0.4, 0.5) is 0 Å². The molecule has 2 saturated heterocycles. The van der Waals surface area contributed by atoms with E-state index in [0.29, 0.717) is 25.3 Å². The lowest BCUT2D eigenvalue weighted by molar-refractivity contribution is -0.0606. The highest BCUT2D eigenvalue weighted by Gasteiger charge is 2.49. The molecule has 2 aromatic rings. The van der Waals surface area contributed by atoms with E-state index in [4.69, 9.17) is 14.2 Å². The normalized spacial score (nSPS) is 26.0. The Bertz CT molecular complexity index is 854. The maximum absolute atomic E-state index is 11.6. The zero-order chi connectivity index (χ0) is 21.1. The van der Waals surface area contributed by atoms with Gasteiger partial charge in [-0.05, 0) is 56.4 Å². The van der Waals surface area contributed by atoms with Gasteiger partial charge >= 0.3 is 0 Å². The van der Waals surface area contributed by atoms with Crippen molar-refractivity contribution in [3.63, 3.8) is 0 Å². The summed E-state index contributed by atoms with van der Waals surface area (Å²) in [7, 11) is 3.38. The summed E-state index contributed by atoms with van der Waals surface area (Å²) < 4.78 is 16.7. The molecule has 1 N–H and O–H groups in total. The molecule has 0 spiro atoms. The van der Waals surface area contributed by atoms with Gasteiger partial charge in [-0.25, -0.2) is 0 Å². The van der Waals surface area contributed by atoms with E-state index in [0.717, 1.165) is 54.9 Å². The first-order chi connectivity index (χ1) is 14.6. The van der Waals surface area contributed by atoms with Gasteiger partial charge in [0.1, 0.15) is 11.5 Å².